The molecule has 0 heterocycles. The third-order valence-electron chi connectivity index (χ3n) is 16.0. The number of carbonyl (C=O) groups is 3. The van der Waals surface area contributed by atoms with Crippen LogP contribution in [0.5, 0.6) is 0 Å². The van der Waals surface area contributed by atoms with Crippen LogP contribution in [0.15, 0.2) is 60.8 Å². The van der Waals surface area contributed by atoms with E-state index in [0.29, 0.717) is 19.3 Å². The molecule has 0 fully saturated rings. The molecule has 6 heteroatoms. The predicted molar refractivity (Wildman–Crippen MR) is 353 cm³/mol. The maximum Gasteiger partial charge on any atom is 0.306 e. The Balaban J connectivity index is 4.17. The van der Waals surface area contributed by atoms with E-state index in [4.69, 9.17) is 14.2 Å². The average Bonchev–Trinajstić information content (AvgIpc) is 3.47. The van der Waals surface area contributed by atoms with Gasteiger partial charge in [0.1, 0.15) is 13.2 Å². The van der Waals surface area contributed by atoms with Gasteiger partial charge in [0.25, 0.3) is 0 Å². The molecule has 0 bridgehead atoms. The first-order valence-electron chi connectivity index (χ1n) is 35.8. The predicted octanol–water partition coefficient (Wildman–Crippen LogP) is 24.7. The van der Waals surface area contributed by atoms with Gasteiger partial charge in [0.15, 0.2) is 6.10 Å². The first kappa shape index (κ1) is 78.1. The quantitative estimate of drug-likeness (QED) is 0.0261. The van der Waals surface area contributed by atoms with Crippen molar-refractivity contribution >= 4 is 17.9 Å². The van der Waals surface area contributed by atoms with E-state index in [1.165, 1.54) is 250 Å². The summed E-state index contributed by atoms with van der Waals surface area (Å²) in [6, 6.07) is 0. The lowest BCUT2D eigenvalue weighted by Gasteiger charge is -2.18. The molecule has 6 nitrogen and oxygen atoms in total. The van der Waals surface area contributed by atoms with Crippen LogP contribution in [0.3, 0.4) is 0 Å². The molecule has 0 saturated carbocycles. The van der Waals surface area contributed by atoms with E-state index in [9.17, 15) is 14.4 Å². The minimum Gasteiger partial charge on any atom is -0.462 e. The molecule has 0 N–H and O–H groups in total. The van der Waals surface area contributed by atoms with Crippen molar-refractivity contribution in [2.45, 2.75) is 386 Å². The van der Waals surface area contributed by atoms with Crippen molar-refractivity contribution in [1.82, 2.24) is 0 Å². The van der Waals surface area contributed by atoms with Crippen LogP contribution in [0.25, 0.3) is 0 Å². The average molecular weight is 1130 g/mol. The topological polar surface area (TPSA) is 78.9 Å². The Morgan fingerprint density at radius 1 is 0.259 bits per heavy atom. The zero-order chi connectivity index (χ0) is 58.5. The molecule has 0 amide bonds. The van der Waals surface area contributed by atoms with Gasteiger partial charge in [-0.15, -0.1) is 0 Å². The zero-order valence-corrected chi connectivity index (χ0v) is 54.3. The van der Waals surface area contributed by atoms with Crippen molar-refractivity contribution in [3.63, 3.8) is 0 Å². The number of rotatable bonds is 66. The highest BCUT2D eigenvalue weighted by Gasteiger charge is 2.19. The van der Waals surface area contributed by atoms with Crippen LogP contribution in [0.4, 0.5) is 0 Å². The van der Waals surface area contributed by atoms with Crippen LogP contribution in [0.1, 0.15) is 380 Å². The van der Waals surface area contributed by atoms with Gasteiger partial charge in [0, 0.05) is 19.3 Å². The second-order valence-electron chi connectivity index (χ2n) is 24.1. The molecule has 0 aromatic heterocycles. The van der Waals surface area contributed by atoms with Crippen molar-refractivity contribution in [2.75, 3.05) is 13.2 Å². The highest BCUT2D eigenvalue weighted by atomic mass is 16.6. The van der Waals surface area contributed by atoms with E-state index in [1.807, 2.05) is 0 Å². The van der Waals surface area contributed by atoms with Crippen molar-refractivity contribution < 1.29 is 28.6 Å². The first-order valence-corrected chi connectivity index (χ1v) is 35.8. The lowest BCUT2D eigenvalue weighted by atomic mass is 10.0. The molecule has 472 valence electrons. The van der Waals surface area contributed by atoms with E-state index < -0.39 is 6.10 Å². The minimum absolute atomic E-state index is 0.0725. The van der Waals surface area contributed by atoms with Gasteiger partial charge >= 0.3 is 17.9 Å². The second-order valence-corrected chi connectivity index (χ2v) is 24.1. The molecular weight excluding hydrogens is 997 g/mol. The van der Waals surface area contributed by atoms with Gasteiger partial charge in [-0.05, 0) is 77.0 Å². The Kier molecular flexibility index (Phi) is 67.1. The standard InChI is InChI=1S/C75H136O6/c1-4-7-10-13-16-19-22-24-26-28-30-32-34-36-37-39-40-42-44-46-48-50-53-56-59-62-65-68-74(77)80-71-72(70-79-73(76)67-64-61-58-55-52-21-18-15-12-9-6-3)81-75(78)69-66-63-60-57-54-51-49-47-45-43-41-38-35-33-31-29-27-25-23-20-17-14-11-8-5-2/h7,10,15-16,18-19,24,26,30,32,72H,4-6,8-9,11-14,17,20-23,25,27-29,31,33-71H2,1-3H3/b10-7-,18-15-,19-16-,26-24-,32-30-. The van der Waals surface area contributed by atoms with E-state index >= 15 is 0 Å². The SMILES string of the molecule is CC/C=C\C/C=C\C/C=C\C/C=C\CCCCCCCCCCCCCCCCC(=O)OCC(COC(=O)CCCCCCC/C=C\CCCC)OC(=O)CCCCCCCCCCCCCCCCCCCCCCCCCCC. The highest BCUT2D eigenvalue weighted by molar-refractivity contribution is 5.71. The summed E-state index contributed by atoms with van der Waals surface area (Å²) in [4.78, 5) is 38.4. The van der Waals surface area contributed by atoms with Gasteiger partial charge in [-0.2, -0.15) is 0 Å². The molecule has 1 atom stereocenters. The summed E-state index contributed by atoms with van der Waals surface area (Å²) in [5, 5.41) is 0. The summed E-state index contributed by atoms with van der Waals surface area (Å²) in [6.45, 7) is 6.55. The second kappa shape index (κ2) is 69.6. The first-order chi connectivity index (χ1) is 40.0. The largest absolute Gasteiger partial charge is 0.462 e. The van der Waals surface area contributed by atoms with Gasteiger partial charge in [-0.25, -0.2) is 0 Å². The fourth-order valence-corrected chi connectivity index (χ4v) is 10.7. The summed E-state index contributed by atoms with van der Waals surface area (Å²) in [5.41, 5.74) is 0. The van der Waals surface area contributed by atoms with Crippen molar-refractivity contribution in [3.05, 3.63) is 60.8 Å². The fourth-order valence-electron chi connectivity index (χ4n) is 10.7. The molecular formula is C75H136O6. The summed E-state index contributed by atoms with van der Waals surface area (Å²) >= 11 is 0. The number of esters is 3. The van der Waals surface area contributed by atoms with E-state index in [0.717, 1.165) is 89.9 Å². The Morgan fingerprint density at radius 2 is 0.494 bits per heavy atom. The normalized spacial score (nSPS) is 12.4. The highest BCUT2D eigenvalue weighted by Crippen LogP contribution is 2.19. The number of carbonyl (C=O) groups excluding carboxylic acids is 3. The van der Waals surface area contributed by atoms with Crippen molar-refractivity contribution in [2.24, 2.45) is 0 Å². The van der Waals surface area contributed by atoms with Crippen LogP contribution in [0.2, 0.25) is 0 Å². The van der Waals surface area contributed by atoms with Crippen LogP contribution >= 0.6 is 0 Å². The van der Waals surface area contributed by atoms with Gasteiger partial charge in [0.2, 0.25) is 0 Å². The van der Waals surface area contributed by atoms with Gasteiger partial charge < -0.3 is 14.2 Å². The molecule has 0 aliphatic heterocycles. The monoisotopic (exact) mass is 1130 g/mol. The molecule has 0 rings (SSSR count). The number of unbranched alkanes of at least 4 members (excludes halogenated alkanes) is 45. The number of hydrogen-bond acceptors (Lipinski definition) is 6. The van der Waals surface area contributed by atoms with Gasteiger partial charge in [-0.1, -0.05) is 345 Å². The van der Waals surface area contributed by atoms with Gasteiger partial charge in [0.05, 0.1) is 0 Å². The van der Waals surface area contributed by atoms with E-state index in [2.05, 4.69) is 81.5 Å². The lowest BCUT2D eigenvalue weighted by molar-refractivity contribution is -0.167. The Labute approximate surface area is 504 Å². The lowest BCUT2D eigenvalue weighted by Crippen LogP contribution is -2.30. The van der Waals surface area contributed by atoms with Crippen LogP contribution in [-0.4, -0.2) is 37.2 Å². The molecule has 0 aromatic carbocycles. The third kappa shape index (κ3) is 67.8. The zero-order valence-electron chi connectivity index (χ0n) is 54.3. The summed E-state index contributed by atoms with van der Waals surface area (Å²) in [6.07, 6.45) is 89.8. The Bertz CT molecular complexity index is 1440. The van der Waals surface area contributed by atoms with Crippen LogP contribution in [0, 0.1) is 0 Å². The molecule has 0 radical (unpaired) electrons. The maximum atomic E-state index is 12.9. The number of hydrogen-bond donors (Lipinski definition) is 0. The third-order valence-corrected chi connectivity index (χ3v) is 16.0. The minimum atomic E-state index is -0.776. The van der Waals surface area contributed by atoms with E-state index in [1.54, 1.807) is 0 Å². The Hall–Kier alpha value is -2.89. The van der Waals surface area contributed by atoms with E-state index in [-0.39, 0.29) is 31.1 Å². The van der Waals surface area contributed by atoms with Gasteiger partial charge in [-0.3, -0.25) is 14.4 Å². The summed E-state index contributed by atoms with van der Waals surface area (Å²) in [7, 11) is 0. The molecule has 0 saturated heterocycles. The molecule has 0 aromatic rings. The molecule has 81 heavy (non-hydrogen) atoms. The maximum absolute atomic E-state index is 12.9. The molecule has 1 unspecified atom stereocenters. The van der Waals surface area contributed by atoms with Crippen LogP contribution < -0.4 is 0 Å². The molecule has 0 aliphatic rings. The smallest absolute Gasteiger partial charge is 0.306 e. The molecule has 0 spiro atoms. The number of allylic oxidation sites excluding steroid dienone is 10. The van der Waals surface area contributed by atoms with Crippen LogP contribution in [-0.2, 0) is 28.6 Å². The number of ether oxygens (including phenoxy) is 3. The fraction of sp³-hybridized carbons (Fsp3) is 0.827. The van der Waals surface area contributed by atoms with Crippen molar-refractivity contribution in [3.8, 4) is 0 Å². The Morgan fingerprint density at radius 3 is 0.802 bits per heavy atom. The summed E-state index contributed by atoms with van der Waals surface area (Å²) in [5.74, 6) is -0.858. The molecule has 0 aliphatic carbocycles. The van der Waals surface area contributed by atoms with Crippen molar-refractivity contribution in [1.29, 1.82) is 0 Å². The summed E-state index contributed by atoms with van der Waals surface area (Å²) < 4.78 is 17.0.